The van der Waals surface area contributed by atoms with Crippen LogP contribution in [0, 0.1) is 5.82 Å². The van der Waals surface area contributed by atoms with Crippen molar-refractivity contribution in [3.63, 3.8) is 0 Å². The minimum atomic E-state index is -0.384. The Hall–Kier alpha value is -1.26. The van der Waals surface area contributed by atoms with E-state index in [1.165, 1.54) is 25.3 Å². The second-order valence-electron chi connectivity index (χ2n) is 2.86. The third-order valence-electron chi connectivity index (χ3n) is 1.85. The molecule has 0 saturated carbocycles. The first kappa shape index (κ1) is 10.8. The van der Waals surface area contributed by atoms with E-state index < -0.39 is 0 Å². The maximum atomic E-state index is 12.8. The highest BCUT2D eigenvalue weighted by Crippen LogP contribution is 2.12. The van der Waals surface area contributed by atoms with Crippen molar-refractivity contribution in [2.75, 3.05) is 13.7 Å². The summed E-state index contributed by atoms with van der Waals surface area (Å²) in [5, 5.41) is 0. The molecule has 0 amide bonds. The number of ether oxygens (including phenoxy) is 1. The average Bonchev–Trinajstić information content (AvgIpc) is 2.17. The molecule has 0 unspecified atom stereocenters. The molecule has 0 fully saturated rings. The second-order valence-corrected chi connectivity index (χ2v) is 2.86. The highest BCUT2D eigenvalue weighted by Gasteiger charge is 2.10. The van der Waals surface area contributed by atoms with Crippen LogP contribution in [0.2, 0.25) is 0 Å². The molecule has 0 heterocycles. The predicted octanol–water partition coefficient (Wildman–Crippen LogP) is 1.11. The molecule has 0 aliphatic heterocycles. The number of carbonyl (C=O) groups is 1. The summed E-state index contributed by atoms with van der Waals surface area (Å²) in [5.41, 5.74) is 6.18. The smallest absolute Gasteiger partial charge is 0.176 e. The number of methoxy groups -OCH3 is 1. The number of nitrogens with two attached hydrogens (primary N) is 1. The summed E-state index contributed by atoms with van der Waals surface area (Å²) in [6.07, 6.45) is 0. The van der Waals surface area contributed by atoms with Gasteiger partial charge in [0, 0.05) is 12.7 Å². The maximum absolute atomic E-state index is 12.8. The molecule has 3 nitrogen and oxygen atoms in total. The zero-order chi connectivity index (χ0) is 10.6. The average molecular weight is 197 g/mol. The van der Waals surface area contributed by atoms with Gasteiger partial charge in [-0.1, -0.05) is 0 Å². The molecule has 4 heteroatoms. The normalized spacial score (nSPS) is 10.2. The van der Waals surface area contributed by atoms with Gasteiger partial charge in [0.2, 0.25) is 0 Å². The molecule has 0 aliphatic rings. The zero-order valence-electron chi connectivity index (χ0n) is 7.92. The van der Waals surface area contributed by atoms with Gasteiger partial charge in [-0.05, 0) is 23.8 Å². The third kappa shape index (κ3) is 2.37. The van der Waals surface area contributed by atoms with Crippen LogP contribution in [-0.4, -0.2) is 19.4 Å². The Morgan fingerprint density at radius 3 is 2.86 bits per heavy atom. The van der Waals surface area contributed by atoms with Gasteiger partial charge in [-0.3, -0.25) is 4.79 Å². The van der Waals surface area contributed by atoms with Crippen molar-refractivity contribution in [2.24, 2.45) is 5.73 Å². The lowest BCUT2D eigenvalue weighted by Crippen LogP contribution is -2.15. The summed E-state index contributed by atoms with van der Waals surface area (Å²) in [4.78, 5) is 11.3. The summed E-state index contributed by atoms with van der Waals surface area (Å²) < 4.78 is 17.7. The molecule has 0 bridgehead atoms. The number of rotatable bonds is 4. The van der Waals surface area contributed by atoms with Crippen molar-refractivity contribution in [3.8, 4) is 0 Å². The van der Waals surface area contributed by atoms with Crippen LogP contribution < -0.4 is 5.73 Å². The first-order chi connectivity index (χ1) is 6.69. The number of carbonyl (C=O) groups excluding carboxylic acids is 1. The second kappa shape index (κ2) is 4.83. The van der Waals surface area contributed by atoms with E-state index in [1.807, 2.05) is 0 Å². The van der Waals surface area contributed by atoms with Gasteiger partial charge in [0.25, 0.3) is 0 Å². The van der Waals surface area contributed by atoms with Crippen molar-refractivity contribution in [2.45, 2.75) is 6.61 Å². The molecule has 2 N–H and O–H groups in total. The molecule has 1 aromatic rings. The topological polar surface area (TPSA) is 52.3 Å². The fourth-order valence-electron chi connectivity index (χ4n) is 1.22. The summed E-state index contributed by atoms with van der Waals surface area (Å²) in [6, 6.07) is 3.95. The molecular formula is C10H12FNO2. The first-order valence-electron chi connectivity index (χ1n) is 4.19. The summed E-state index contributed by atoms with van der Waals surface area (Å²) in [5.74, 6) is -0.595. The molecule has 1 rings (SSSR count). The van der Waals surface area contributed by atoms with Crippen LogP contribution in [0.1, 0.15) is 15.9 Å². The quantitative estimate of drug-likeness (QED) is 0.736. The molecule has 0 aromatic heterocycles. The largest absolute Gasteiger partial charge is 0.380 e. The van der Waals surface area contributed by atoms with Crippen LogP contribution in [0.3, 0.4) is 0 Å². The molecule has 0 spiro atoms. The Morgan fingerprint density at radius 1 is 1.57 bits per heavy atom. The van der Waals surface area contributed by atoms with Crippen LogP contribution in [0.15, 0.2) is 18.2 Å². The Labute approximate surface area is 81.7 Å². The molecule has 0 aliphatic carbocycles. The summed E-state index contributed by atoms with van der Waals surface area (Å²) >= 11 is 0. The summed E-state index contributed by atoms with van der Waals surface area (Å²) in [6.45, 7) is 0.126. The highest BCUT2D eigenvalue weighted by atomic mass is 19.1. The molecule has 14 heavy (non-hydrogen) atoms. The minimum Gasteiger partial charge on any atom is -0.380 e. The van der Waals surface area contributed by atoms with E-state index in [0.717, 1.165) is 0 Å². The molecule has 0 radical (unpaired) electrons. The number of hydrogen-bond donors (Lipinski definition) is 1. The number of hydrogen-bond acceptors (Lipinski definition) is 3. The number of Topliss-reactive ketones (excluding diaryl/α,β-unsaturated/α-hetero) is 1. The van der Waals surface area contributed by atoms with E-state index in [2.05, 4.69) is 0 Å². The Balaban J connectivity index is 3.07. The molecular weight excluding hydrogens is 185 g/mol. The van der Waals surface area contributed by atoms with Crippen molar-refractivity contribution in [1.29, 1.82) is 0 Å². The molecule has 0 atom stereocenters. The van der Waals surface area contributed by atoms with Gasteiger partial charge in [0.05, 0.1) is 13.2 Å². The molecule has 0 saturated heterocycles. The standard InChI is InChI=1S/C10H12FNO2/c1-14-6-7-4-8(11)2-3-9(7)10(13)5-12/h2-4H,5-6,12H2,1H3. The van der Waals surface area contributed by atoms with Gasteiger partial charge < -0.3 is 10.5 Å². The van der Waals surface area contributed by atoms with Crippen molar-refractivity contribution in [1.82, 2.24) is 0 Å². The van der Waals surface area contributed by atoms with Gasteiger partial charge in [-0.25, -0.2) is 4.39 Å². The van der Waals surface area contributed by atoms with E-state index in [-0.39, 0.29) is 24.8 Å². The van der Waals surface area contributed by atoms with E-state index >= 15 is 0 Å². The van der Waals surface area contributed by atoms with Crippen LogP contribution >= 0.6 is 0 Å². The third-order valence-corrected chi connectivity index (χ3v) is 1.85. The minimum absolute atomic E-state index is 0.0810. The number of benzene rings is 1. The van der Waals surface area contributed by atoms with Crippen molar-refractivity contribution < 1.29 is 13.9 Å². The SMILES string of the molecule is COCc1cc(F)ccc1C(=O)CN. The van der Waals surface area contributed by atoms with Gasteiger partial charge in [0.15, 0.2) is 5.78 Å². The van der Waals surface area contributed by atoms with E-state index in [4.69, 9.17) is 10.5 Å². The Kier molecular flexibility index (Phi) is 3.73. The Morgan fingerprint density at radius 2 is 2.29 bits per heavy atom. The van der Waals surface area contributed by atoms with Crippen molar-refractivity contribution in [3.05, 3.63) is 35.1 Å². The maximum Gasteiger partial charge on any atom is 0.176 e. The van der Waals surface area contributed by atoms with E-state index in [0.29, 0.717) is 11.1 Å². The summed E-state index contributed by atoms with van der Waals surface area (Å²) in [7, 11) is 1.49. The highest BCUT2D eigenvalue weighted by molar-refractivity contribution is 5.98. The van der Waals surface area contributed by atoms with Crippen LogP contribution in [0.25, 0.3) is 0 Å². The fourth-order valence-corrected chi connectivity index (χ4v) is 1.22. The van der Waals surface area contributed by atoms with Crippen LogP contribution in [0.4, 0.5) is 4.39 Å². The van der Waals surface area contributed by atoms with Crippen LogP contribution in [-0.2, 0) is 11.3 Å². The lowest BCUT2D eigenvalue weighted by Gasteiger charge is -2.06. The number of halogens is 1. The van der Waals surface area contributed by atoms with Gasteiger partial charge in [-0.2, -0.15) is 0 Å². The van der Waals surface area contributed by atoms with Crippen molar-refractivity contribution >= 4 is 5.78 Å². The lowest BCUT2D eigenvalue weighted by molar-refractivity contribution is 0.0996. The van der Waals surface area contributed by atoms with Gasteiger partial charge >= 0.3 is 0 Å². The Bertz CT molecular complexity index is 339. The van der Waals surface area contributed by atoms with E-state index in [9.17, 15) is 9.18 Å². The van der Waals surface area contributed by atoms with Gasteiger partial charge in [-0.15, -0.1) is 0 Å². The van der Waals surface area contributed by atoms with Gasteiger partial charge in [0.1, 0.15) is 5.82 Å². The number of ketones is 1. The van der Waals surface area contributed by atoms with Crippen LogP contribution in [0.5, 0.6) is 0 Å². The lowest BCUT2D eigenvalue weighted by atomic mass is 10.0. The van der Waals surface area contributed by atoms with E-state index in [1.54, 1.807) is 0 Å². The predicted molar refractivity (Wildman–Crippen MR) is 50.5 cm³/mol. The first-order valence-corrected chi connectivity index (χ1v) is 4.19. The zero-order valence-corrected chi connectivity index (χ0v) is 7.92. The monoisotopic (exact) mass is 197 g/mol. The molecule has 76 valence electrons. The molecule has 1 aromatic carbocycles. The fraction of sp³-hybridized carbons (Fsp3) is 0.300.